The fourth-order valence-electron chi connectivity index (χ4n) is 2.11. The average Bonchev–Trinajstić information content (AvgIpc) is 3.02. The average molecular weight is 322 g/mol. The van der Waals surface area contributed by atoms with Gasteiger partial charge in [0.1, 0.15) is 10.6 Å². The summed E-state index contributed by atoms with van der Waals surface area (Å²) in [5, 5.41) is 12.7. The van der Waals surface area contributed by atoms with E-state index in [1.807, 2.05) is 22.2 Å². The normalized spacial score (nSPS) is 12.6. The van der Waals surface area contributed by atoms with Crippen molar-refractivity contribution in [2.24, 2.45) is 0 Å². The molecule has 0 spiro atoms. The summed E-state index contributed by atoms with van der Waals surface area (Å²) < 4.78 is 2.04. The van der Waals surface area contributed by atoms with E-state index in [0.717, 1.165) is 28.8 Å². The molecule has 0 saturated heterocycles. The third kappa shape index (κ3) is 3.32. The zero-order chi connectivity index (χ0) is 15.0. The Labute approximate surface area is 131 Å². The lowest BCUT2D eigenvalue weighted by molar-refractivity contribution is 0.0780. The molecule has 7 heteroatoms. The van der Waals surface area contributed by atoms with Crippen LogP contribution in [-0.4, -0.2) is 31.4 Å². The third-order valence-electron chi connectivity index (χ3n) is 3.07. The van der Waals surface area contributed by atoms with Crippen molar-refractivity contribution in [2.75, 3.05) is 7.05 Å². The van der Waals surface area contributed by atoms with Crippen LogP contribution in [0.15, 0.2) is 24.0 Å². The minimum atomic E-state index is -0.861. The topological polar surface area (TPSA) is 53.7 Å². The molecule has 21 heavy (non-hydrogen) atoms. The molecule has 0 saturated carbocycles. The van der Waals surface area contributed by atoms with Gasteiger partial charge in [-0.2, -0.15) is 0 Å². The molecule has 0 amide bonds. The summed E-state index contributed by atoms with van der Waals surface area (Å²) in [7, 11) is 2.07. The lowest BCUT2D eigenvalue weighted by atomic mass is 10.1. The van der Waals surface area contributed by atoms with Crippen LogP contribution >= 0.6 is 22.7 Å². The molecular weight excluding hydrogens is 304 g/mol. The number of imidazole rings is 1. The van der Waals surface area contributed by atoms with E-state index in [9.17, 15) is 5.11 Å². The Morgan fingerprint density at radius 3 is 2.86 bits per heavy atom. The minimum absolute atomic E-state index is 0.764. The van der Waals surface area contributed by atoms with Gasteiger partial charge in [-0.3, -0.25) is 9.30 Å². The van der Waals surface area contributed by atoms with Gasteiger partial charge < -0.3 is 5.11 Å². The highest BCUT2D eigenvalue weighted by Crippen LogP contribution is 2.24. The number of hydrogen-bond acceptors (Lipinski definition) is 6. The molecule has 3 aromatic rings. The van der Waals surface area contributed by atoms with Crippen LogP contribution in [0.25, 0.3) is 4.96 Å². The van der Waals surface area contributed by atoms with Crippen molar-refractivity contribution in [3.05, 3.63) is 39.5 Å². The van der Waals surface area contributed by atoms with Crippen LogP contribution in [-0.2, 0) is 18.7 Å². The number of hydrogen-bond donors (Lipinski definition) is 1. The van der Waals surface area contributed by atoms with Gasteiger partial charge in [0.25, 0.3) is 0 Å². The number of nitrogens with zero attached hydrogens (tertiary/aromatic N) is 4. The molecule has 0 aliphatic heterocycles. The van der Waals surface area contributed by atoms with Crippen molar-refractivity contribution in [3.63, 3.8) is 0 Å². The molecule has 3 heterocycles. The number of rotatable bonds is 5. The van der Waals surface area contributed by atoms with Crippen molar-refractivity contribution >= 4 is 27.6 Å². The molecule has 1 N–H and O–H groups in total. The summed E-state index contributed by atoms with van der Waals surface area (Å²) in [6.07, 6.45) is 5.89. The van der Waals surface area contributed by atoms with Gasteiger partial charge in [0.05, 0.1) is 5.69 Å². The van der Waals surface area contributed by atoms with Crippen LogP contribution in [0.4, 0.5) is 0 Å². The summed E-state index contributed by atoms with van der Waals surface area (Å²) in [6.45, 7) is 5.16. The first-order chi connectivity index (χ1) is 9.91. The molecule has 0 aliphatic carbocycles. The van der Waals surface area contributed by atoms with Crippen molar-refractivity contribution < 1.29 is 5.11 Å². The summed E-state index contributed by atoms with van der Waals surface area (Å²) in [5.74, 6) is 0. The highest BCUT2D eigenvalue weighted by Gasteiger charge is 2.20. The Morgan fingerprint density at radius 2 is 2.19 bits per heavy atom. The fourth-order valence-corrected chi connectivity index (χ4v) is 3.96. The number of aromatic nitrogens is 3. The Hall–Kier alpha value is -1.28. The van der Waals surface area contributed by atoms with E-state index in [1.54, 1.807) is 25.2 Å². The first-order valence-corrected chi connectivity index (χ1v) is 8.38. The third-order valence-corrected chi connectivity index (χ3v) is 5.27. The van der Waals surface area contributed by atoms with Gasteiger partial charge in [-0.15, -0.1) is 11.3 Å². The van der Waals surface area contributed by atoms with E-state index in [2.05, 4.69) is 28.1 Å². The minimum Gasteiger partial charge on any atom is -0.383 e. The van der Waals surface area contributed by atoms with Gasteiger partial charge in [-0.25, -0.2) is 9.97 Å². The van der Waals surface area contributed by atoms with E-state index in [-0.39, 0.29) is 0 Å². The van der Waals surface area contributed by atoms with E-state index < -0.39 is 5.60 Å². The second-order valence-electron chi connectivity index (χ2n) is 5.69. The first-order valence-electron chi connectivity index (χ1n) is 6.69. The molecule has 0 fully saturated rings. The highest BCUT2D eigenvalue weighted by molar-refractivity contribution is 7.17. The maximum absolute atomic E-state index is 9.95. The molecule has 0 aromatic carbocycles. The van der Waals surface area contributed by atoms with E-state index >= 15 is 0 Å². The molecular formula is C14H18N4OS2. The van der Waals surface area contributed by atoms with E-state index in [0.29, 0.717) is 0 Å². The quantitative estimate of drug-likeness (QED) is 0.785. The van der Waals surface area contributed by atoms with Gasteiger partial charge >= 0.3 is 0 Å². The molecule has 0 radical (unpaired) electrons. The van der Waals surface area contributed by atoms with Crippen molar-refractivity contribution in [1.29, 1.82) is 0 Å². The molecule has 0 aliphatic rings. The lowest BCUT2D eigenvalue weighted by Crippen LogP contribution is -2.18. The Kier molecular flexibility index (Phi) is 3.83. The molecule has 0 unspecified atom stereocenters. The lowest BCUT2D eigenvalue weighted by Gasteiger charge is -2.14. The second-order valence-corrected chi connectivity index (χ2v) is 7.64. The van der Waals surface area contributed by atoms with Crippen molar-refractivity contribution in [1.82, 2.24) is 19.3 Å². The molecule has 5 nitrogen and oxygen atoms in total. The maximum atomic E-state index is 9.95. The Morgan fingerprint density at radius 1 is 1.38 bits per heavy atom. The standard InChI is InChI=1S/C14H18N4OS2/c1-14(2,19)12-16-10(9-20-12)6-17(3)7-11-8-18-5-4-15-13(18)21-11/h4-5,8-9,19H,6-7H2,1-3H3. The smallest absolute Gasteiger partial charge is 0.193 e. The van der Waals surface area contributed by atoms with E-state index in [4.69, 9.17) is 0 Å². The molecule has 3 aromatic heterocycles. The van der Waals surface area contributed by atoms with Gasteiger partial charge in [0, 0.05) is 41.9 Å². The van der Waals surface area contributed by atoms with Crippen molar-refractivity contribution in [3.8, 4) is 0 Å². The van der Waals surface area contributed by atoms with Crippen molar-refractivity contribution in [2.45, 2.75) is 32.5 Å². The molecule has 0 atom stereocenters. The van der Waals surface area contributed by atoms with Crippen LogP contribution in [0.1, 0.15) is 29.4 Å². The number of aliphatic hydroxyl groups is 1. The predicted octanol–water partition coefficient (Wildman–Crippen LogP) is 2.71. The Bertz CT molecular complexity index is 709. The summed E-state index contributed by atoms with van der Waals surface area (Å²) in [5.41, 5.74) is 0.140. The zero-order valence-corrected chi connectivity index (χ0v) is 13.9. The van der Waals surface area contributed by atoms with E-state index in [1.165, 1.54) is 16.2 Å². The van der Waals surface area contributed by atoms with Crippen LogP contribution in [0.5, 0.6) is 0 Å². The maximum Gasteiger partial charge on any atom is 0.193 e. The SMILES string of the molecule is CN(Cc1csc(C(C)(C)O)n1)Cc1cn2ccnc2s1. The van der Waals surface area contributed by atoms with Gasteiger partial charge in [-0.05, 0) is 20.9 Å². The van der Waals surface area contributed by atoms with Crippen LogP contribution in [0, 0.1) is 0 Å². The van der Waals surface area contributed by atoms with Crippen LogP contribution < -0.4 is 0 Å². The number of thiazole rings is 2. The second kappa shape index (κ2) is 5.49. The molecule has 0 bridgehead atoms. The first kappa shape index (κ1) is 14.6. The molecule has 3 rings (SSSR count). The zero-order valence-electron chi connectivity index (χ0n) is 12.3. The van der Waals surface area contributed by atoms with Crippen LogP contribution in [0.2, 0.25) is 0 Å². The van der Waals surface area contributed by atoms with Gasteiger partial charge in [0.15, 0.2) is 4.96 Å². The summed E-state index contributed by atoms with van der Waals surface area (Å²) in [4.78, 5) is 13.3. The predicted molar refractivity (Wildman–Crippen MR) is 85.6 cm³/mol. The number of fused-ring (bicyclic) bond motifs is 1. The van der Waals surface area contributed by atoms with Gasteiger partial charge in [-0.1, -0.05) is 11.3 Å². The highest BCUT2D eigenvalue weighted by atomic mass is 32.1. The Balaban J connectivity index is 1.64. The largest absolute Gasteiger partial charge is 0.383 e. The summed E-state index contributed by atoms with van der Waals surface area (Å²) >= 11 is 3.22. The summed E-state index contributed by atoms with van der Waals surface area (Å²) in [6, 6.07) is 0. The van der Waals surface area contributed by atoms with Gasteiger partial charge in [0.2, 0.25) is 0 Å². The monoisotopic (exact) mass is 322 g/mol. The fraction of sp³-hybridized carbons (Fsp3) is 0.429. The van der Waals surface area contributed by atoms with Crippen LogP contribution in [0.3, 0.4) is 0 Å². The molecule has 112 valence electrons.